The van der Waals surface area contributed by atoms with Gasteiger partial charge in [-0.15, -0.1) is 11.8 Å². The molecule has 0 fully saturated rings. The Hall–Kier alpha value is -3.32. The highest BCUT2D eigenvalue weighted by molar-refractivity contribution is 7.99. The third-order valence-corrected chi connectivity index (χ3v) is 5.88. The fraction of sp³-hybridized carbons (Fsp3) is 0.130. The molecule has 4 rings (SSSR count). The van der Waals surface area contributed by atoms with Crippen molar-refractivity contribution in [3.8, 4) is 0 Å². The molecule has 3 N–H and O–H groups in total. The summed E-state index contributed by atoms with van der Waals surface area (Å²) in [6.45, 7) is 0. The number of fused-ring (bicyclic) bond motifs is 1. The van der Waals surface area contributed by atoms with Gasteiger partial charge in [-0.05, 0) is 66.6 Å². The molecule has 3 aromatic carbocycles. The number of carbonyl (C=O) groups excluding carboxylic acids is 2. The molecule has 0 saturated carbocycles. The van der Waals surface area contributed by atoms with E-state index >= 15 is 0 Å². The minimum atomic E-state index is -0.372. The molecule has 7 heteroatoms. The lowest BCUT2D eigenvalue weighted by Gasteiger charge is -2.26. The lowest BCUT2D eigenvalue weighted by Crippen LogP contribution is -2.34. The van der Waals surface area contributed by atoms with Crippen LogP contribution in [0, 0.1) is 5.82 Å². The molecule has 1 unspecified atom stereocenters. The van der Waals surface area contributed by atoms with Crippen molar-refractivity contribution in [3.63, 3.8) is 0 Å². The summed E-state index contributed by atoms with van der Waals surface area (Å²) >= 11 is 1.66. The first-order chi connectivity index (χ1) is 14.6. The Bertz CT molecular complexity index is 1060. The maximum atomic E-state index is 13.6. The lowest BCUT2D eigenvalue weighted by atomic mass is 10.0. The van der Waals surface area contributed by atoms with Gasteiger partial charge < -0.3 is 16.0 Å². The predicted octanol–water partition coefficient (Wildman–Crippen LogP) is 5.44. The molecule has 152 valence electrons. The second-order valence-corrected chi connectivity index (χ2v) is 8.00. The van der Waals surface area contributed by atoms with Gasteiger partial charge in [0.25, 0.3) is 5.91 Å². The number of rotatable bonds is 4. The van der Waals surface area contributed by atoms with Crippen molar-refractivity contribution < 1.29 is 14.0 Å². The summed E-state index contributed by atoms with van der Waals surface area (Å²) in [7, 11) is 0. The number of benzene rings is 3. The van der Waals surface area contributed by atoms with Crippen LogP contribution in [-0.2, 0) is 0 Å². The summed E-state index contributed by atoms with van der Waals surface area (Å²) in [4.78, 5) is 25.7. The zero-order valence-electron chi connectivity index (χ0n) is 16.0. The van der Waals surface area contributed by atoms with Crippen LogP contribution in [-0.4, -0.2) is 17.7 Å². The molecule has 1 atom stereocenters. The van der Waals surface area contributed by atoms with Crippen molar-refractivity contribution in [1.82, 2.24) is 5.32 Å². The van der Waals surface area contributed by atoms with Crippen LogP contribution in [0.4, 0.5) is 20.6 Å². The Morgan fingerprint density at radius 1 is 0.900 bits per heavy atom. The maximum absolute atomic E-state index is 13.6. The molecule has 0 aromatic heterocycles. The van der Waals surface area contributed by atoms with Crippen LogP contribution in [0.15, 0.2) is 77.7 Å². The van der Waals surface area contributed by atoms with Crippen LogP contribution in [0.25, 0.3) is 0 Å². The van der Waals surface area contributed by atoms with Crippen molar-refractivity contribution in [2.24, 2.45) is 0 Å². The molecule has 1 aliphatic rings. The number of urea groups is 1. The molecule has 0 aliphatic carbocycles. The van der Waals surface area contributed by atoms with Crippen LogP contribution in [0.3, 0.4) is 0 Å². The summed E-state index contributed by atoms with van der Waals surface area (Å²) in [5.74, 6) is 0.317. The van der Waals surface area contributed by atoms with E-state index in [2.05, 4.69) is 16.0 Å². The number of nitrogens with one attached hydrogen (secondary N) is 3. The van der Waals surface area contributed by atoms with Crippen LogP contribution < -0.4 is 16.0 Å². The van der Waals surface area contributed by atoms with Gasteiger partial charge in [0.05, 0.1) is 6.04 Å². The number of amides is 3. The van der Waals surface area contributed by atoms with Crippen molar-refractivity contribution in [2.75, 3.05) is 16.4 Å². The summed E-state index contributed by atoms with van der Waals surface area (Å²) < 4.78 is 13.6. The fourth-order valence-electron chi connectivity index (χ4n) is 3.27. The fourth-order valence-corrected chi connectivity index (χ4v) is 4.38. The van der Waals surface area contributed by atoms with Gasteiger partial charge in [-0.3, -0.25) is 4.79 Å². The molecule has 3 amide bonds. The second kappa shape index (κ2) is 9.00. The van der Waals surface area contributed by atoms with Gasteiger partial charge in [-0.25, -0.2) is 9.18 Å². The van der Waals surface area contributed by atoms with Crippen LogP contribution in [0.1, 0.15) is 28.4 Å². The Morgan fingerprint density at radius 2 is 1.63 bits per heavy atom. The number of carbonyl (C=O) groups is 2. The normalized spacial score (nSPS) is 15.0. The van der Waals surface area contributed by atoms with E-state index in [-0.39, 0.29) is 23.8 Å². The van der Waals surface area contributed by atoms with Gasteiger partial charge in [0.1, 0.15) is 5.82 Å². The summed E-state index contributed by atoms with van der Waals surface area (Å²) in [5.41, 5.74) is 2.56. The van der Waals surface area contributed by atoms with E-state index in [0.717, 1.165) is 22.6 Å². The smallest absolute Gasteiger partial charge is 0.319 e. The zero-order chi connectivity index (χ0) is 20.9. The summed E-state index contributed by atoms with van der Waals surface area (Å²) in [5, 5.41) is 8.49. The van der Waals surface area contributed by atoms with Crippen molar-refractivity contribution in [3.05, 3.63) is 89.7 Å². The topological polar surface area (TPSA) is 70.2 Å². The number of anilines is 2. The van der Waals surface area contributed by atoms with Gasteiger partial charge in [-0.2, -0.15) is 0 Å². The largest absolute Gasteiger partial charge is 0.331 e. The lowest BCUT2D eigenvalue weighted by molar-refractivity contribution is 0.102. The third-order valence-electron chi connectivity index (χ3n) is 4.75. The van der Waals surface area contributed by atoms with Crippen LogP contribution in [0.2, 0.25) is 0 Å². The molecule has 1 heterocycles. The van der Waals surface area contributed by atoms with E-state index in [1.807, 2.05) is 30.3 Å². The third kappa shape index (κ3) is 4.80. The average molecular weight is 421 g/mol. The van der Waals surface area contributed by atoms with Gasteiger partial charge in [-0.1, -0.05) is 18.2 Å². The first-order valence-corrected chi connectivity index (χ1v) is 10.5. The summed E-state index contributed by atoms with van der Waals surface area (Å²) in [6.07, 6.45) is 0.729. The van der Waals surface area contributed by atoms with Gasteiger partial charge in [0.2, 0.25) is 0 Å². The number of para-hydroxylation sites is 1. The SMILES string of the molecule is O=C(Nc1ccc(C(=O)Nc2ccccc2)cc1)NC1CCSc2ccc(F)cc21. The first kappa shape index (κ1) is 20.0. The quantitative estimate of drug-likeness (QED) is 0.526. The van der Waals surface area contributed by atoms with Crippen LogP contribution >= 0.6 is 11.8 Å². The number of halogens is 1. The van der Waals surface area contributed by atoms with Gasteiger partial charge in [0.15, 0.2) is 0 Å². The molecule has 0 spiro atoms. The number of thioether (sulfide) groups is 1. The van der Waals surface area contributed by atoms with E-state index < -0.39 is 0 Å². The Labute approximate surface area is 178 Å². The molecule has 5 nitrogen and oxygen atoms in total. The monoisotopic (exact) mass is 421 g/mol. The molecule has 0 saturated heterocycles. The van der Waals surface area contributed by atoms with E-state index in [0.29, 0.717) is 16.9 Å². The van der Waals surface area contributed by atoms with Gasteiger partial charge in [0, 0.05) is 27.6 Å². The highest BCUT2D eigenvalue weighted by Crippen LogP contribution is 2.36. The first-order valence-electron chi connectivity index (χ1n) is 9.55. The molecular formula is C23H20FN3O2S. The Morgan fingerprint density at radius 3 is 2.40 bits per heavy atom. The standard InChI is InChI=1S/C23H20FN3O2S/c24-16-8-11-21-19(14-16)20(12-13-30-21)27-23(29)26-18-9-6-15(7-10-18)22(28)25-17-4-2-1-3-5-17/h1-11,14,20H,12-13H2,(H,25,28)(H2,26,27,29). The molecule has 3 aromatic rings. The van der Waals surface area contributed by atoms with E-state index in [1.54, 1.807) is 42.1 Å². The van der Waals surface area contributed by atoms with Gasteiger partial charge >= 0.3 is 6.03 Å². The molecule has 0 radical (unpaired) electrons. The second-order valence-electron chi connectivity index (χ2n) is 6.87. The van der Waals surface area contributed by atoms with E-state index in [9.17, 15) is 14.0 Å². The highest BCUT2D eigenvalue weighted by atomic mass is 32.2. The number of hydrogen-bond acceptors (Lipinski definition) is 3. The predicted molar refractivity (Wildman–Crippen MR) is 117 cm³/mol. The maximum Gasteiger partial charge on any atom is 0.319 e. The minimum Gasteiger partial charge on any atom is -0.331 e. The van der Waals surface area contributed by atoms with E-state index in [4.69, 9.17) is 0 Å². The van der Waals surface area contributed by atoms with E-state index in [1.165, 1.54) is 12.1 Å². The molecule has 0 bridgehead atoms. The Balaban J connectivity index is 1.36. The highest BCUT2D eigenvalue weighted by Gasteiger charge is 2.23. The number of hydrogen-bond donors (Lipinski definition) is 3. The van der Waals surface area contributed by atoms with Crippen molar-refractivity contribution in [1.29, 1.82) is 0 Å². The zero-order valence-corrected chi connectivity index (χ0v) is 16.8. The Kier molecular flexibility index (Phi) is 5.99. The minimum absolute atomic E-state index is 0.226. The molecular weight excluding hydrogens is 401 g/mol. The van der Waals surface area contributed by atoms with Crippen LogP contribution in [0.5, 0.6) is 0 Å². The molecule has 30 heavy (non-hydrogen) atoms. The molecule has 1 aliphatic heterocycles. The van der Waals surface area contributed by atoms with Crippen molar-refractivity contribution >= 4 is 35.1 Å². The average Bonchev–Trinajstić information content (AvgIpc) is 2.75. The summed E-state index contributed by atoms with van der Waals surface area (Å²) in [6, 6.07) is 19.9. The van der Waals surface area contributed by atoms with Crippen molar-refractivity contribution in [2.45, 2.75) is 17.4 Å².